The molecule has 0 bridgehead atoms. The number of carbonyl (C=O) groups is 2. The number of hydrogen-bond donors (Lipinski definition) is 1. The minimum absolute atomic E-state index is 0.0102. The summed E-state index contributed by atoms with van der Waals surface area (Å²) in [6.45, 7) is 4.37. The monoisotopic (exact) mass is 491 g/mol. The van der Waals surface area contributed by atoms with Crippen molar-refractivity contribution < 1.29 is 24.2 Å². The van der Waals surface area contributed by atoms with E-state index >= 15 is 0 Å². The zero-order valence-corrected chi connectivity index (χ0v) is 21.5. The number of phenols is 1. The number of hydrogen-bond acceptors (Lipinski definition) is 6. The SMILES string of the molecule is COc1cc(CCC(=O)CC(OC(C)=O)C2CC3(C=CC=CC3C)CCC2C2=CCN=C2)ccc1O. The third-order valence-electron chi connectivity index (χ3n) is 8.16. The Balaban J connectivity index is 1.53. The third-order valence-corrected chi connectivity index (χ3v) is 8.16. The van der Waals surface area contributed by atoms with Crippen LogP contribution in [0.4, 0.5) is 0 Å². The number of ketones is 1. The molecule has 3 aliphatic rings. The van der Waals surface area contributed by atoms with Crippen LogP contribution in [0.15, 0.2) is 59.1 Å². The summed E-state index contributed by atoms with van der Waals surface area (Å²) in [7, 11) is 1.50. The van der Waals surface area contributed by atoms with Crippen molar-refractivity contribution in [1.29, 1.82) is 0 Å². The largest absolute Gasteiger partial charge is 0.504 e. The Bertz CT molecular complexity index is 1100. The summed E-state index contributed by atoms with van der Waals surface area (Å²) in [5, 5.41) is 9.83. The molecule has 1 aromatic rings. The number of allylic oxidation sites excluding steroid dienone is 5. The number of esters is 1. The number of aryl methyl sites for hydroxylation is 1. The zero-order chi connectivity index (χ0) is 25.7. The van der Waals surface area contributed by atoms with Gasteiger partial charge in [-0.15, -0.1) is 0 Å². The lowest BCUT2D eigenvalue weighted by Crippen LogP contribution is -2.44. The quantitative estimate of drug-likeness (QED) is 0.468. The molecule has 2 aliphatic carbocycles. The van der Waals surface area contributed by atoms with Crippen LogP contribution in [0.2, 0.25) is 0 Å². The number of aliphatic imine (C=N–C) groups is 1. The normalized spacial score (nSPS) is 27.6. The summed E-state index contributed by atoms with van der Waals surface area (Å²) in [6.07, 6.45) is 16.4. The van der Waals surface area contributed by atoms with Crippen LogP contribution >= 0.6 is 0 Å². The lowest BCUT2D eigenvalue weighted by molar-refractivity contribution is -0.153. The van der Waals surface area contributed by atoms with Gasteiger partial charge in [0.1, 0.15) is 11.9 Å². The molecule has 1 N–H and O–H groups in total. The first-order valence-electron chi connectivity index (χ1n) is 12.9. The Morgan fingerprint density at radius 3 is 2.81 bits per heavy atom. The van der Waals surface area contributed by atoms with E-state index in [4.69, 9.17) is 9.47 Å². The summed E-state index contributed by atoms with van der Waals surface area (Å²) in [6, 6.07) is 5.13. The van der Waals surface area contributed by atoms with Crippen molar-refractivity contribution in [2.75, 3.05) is 13.7 Å². The van der Waals surface area contributed by atoms with Gasteiger partial charge >= 0.3 is 5.97 Å². The molecule has 6 nitrogen and oxygen atoms in total. The summed E-state index contributed by atoms with van der Waals surface area (Å²) >= 11 is 0. The molecule has 6 heteroatoms. The van der Waals surface area contributed by atoms with E-state index in [1.54, 1.807) is 18.2 Å². The van der Waals surface area contributed by atoms with Gasteiger partial charge in [0.15, 0.2) is 11.5 Å². The topological polar surface area (TPSA) is 85.2 Å². The first-order valence-corrected chi connectivity index (χ1v) is 12.9. The van der Waals surface area contributed by atoms with E-state index in [1.165, 1.54) is 19.6 Å². The molecule has 1 aromatic carbocycles. The predicted octanol–water partition coefficient (Wildman–Crippen LogP) is 5.40. The Kier molecular flexibility index (Phi) is 8.12. The smallest absolute Gasteiger partial charge is 0.302 e. The first-order chi connectivity index (χ1) is 17.3. The maximum Gasteiger partial charge on any atom is 0.302 e. The molecule has 0 radical (unpaired) electrons. The first kappa shape index (κ1) is 25.9. The second-order valence-electron chi connectivity index (χ2n) is 10.4. The molecule has 4 rings (SSSR count). The van der Waals surface area contributed by atoms with Crippen molar-refractivity contribution in [3.8, 4) is 11.5 Å². The Labute approximate surface area is 213 Å². The molecule has 1 heterocycles. The van der Waals surface area contributed by atoms with Crippen LogP contribution in [0.3, 0.4) is 0 Å². The number of aromatic hydroxyl groups is 1. The zero-order valence-electron chi connectivity index (χ0n) is 21.5. The highest BCUT2D eigenvalue weighted by Crippen LogP contribution is 2.53. The van der Waals surface area contributed by atoms with Crippen molar-refractivity contribution >= 4 is 18.0 Å². The minimum Gasteiger partial charge on any atom is -0.504 e. The van der Waals surface area contributed by atoms with Gasteiger partial charge in [-0.25, -0.2) is 0 Å². The number of ether oxygens (including phenoxy) is 2. The average molecular weight is 492 g/mol. The van der Waals surface area contributed by atoms with Gasteiger partial charge in [0.25, 0.3) is 0 Å². The minimum atomic E-state index is -0.479. The van der Waals surface area contributed by atoms with Gasteiger partial charge in [-0.2, -0.15) is 0 Å². The lowest BCUT2D eigenvalue weighted by atomic mass is 9.57. The molecule has 0 aromatic heterocycles. The number of phenolic OH excluding ortho intramolecular Hbond substituents is 1. The fourth-order valence-electron chi connectivity index (χ4n) is 6.11. The number of carbonyl (C=O) groups excluding carboxylic acids is 2. The number of rotatable bonds is 9. The van der Waals surface area contributed by atoms with Crippen LogP contribution < -0.4 is 4.74 Å². The molecule has 1 spiro atoms. The van der Waals surface area contributed by atoms with Crippen molar-refractivity contribution in [2.24, 2.45) is 28.2 Å². The highest BCUT2D eigenvalue weighted by Gasteiger charge is 2.47. The van der Waals surface area contributed by atoms with E-state index < -0.39 is 6.10 Å². The van der Waals surface area contributed by atoms with E-state index in [0.717, 1.165) is 24.8 Å². The number of Topliss-reactive ketones (excluding diaryl/α,β-unsaturated/α-hetero) is 1. The van der Waals surface area contributed by atoms with E-state index in [0.29, 0.717) is 31.1 Å². The highest BCUT2D eigenvalue weighted by molar-refractivity contribution is 5.82. The van der Waals surface area contributed by atoms with Crippen molar-refractivity contribution in [2.45, 2.75) is 58.5 Å². The fourth-order valence-corrected chi connectivity index (χ4v) is 6.11. The fraction of sp³-hybridized carbons (Fsp3) is 0.500. The molecular weight excluding hydrogens is 454 g/mol. The van der Waals surface area contributed by atoms with Crippen LogP contribution in [0.5, 0.6) is 11.5 Å². The molecule has 1 saturated carbocycles. The van der Waals surface area contributed by atoms with E-state index in [1.807, 2.05) is 6.21 Å². The maximum absolute atomic E-state index is 13.2. The summed E-state index contributed by atoms with van der Waals surface area (Å²) in [4.78, 5) is 29.8. The molecule has 192 valence electrons. The molecule has 36 heavy (non-hydrogen) atoms. The number of methoxy groups -OCH3 is 1. The summed E-state index contributed by atoms with van der Waals surface area (Å²) in [5.41, 5.74) is 2.13. The third kappa shape index (κ3) is 5.80. The summed E-state index contributed by atoms with van der Waals surface area (Å²) in [5.74, 6) is 0.814. The average Bonchev–Trinajstić information content (AvgIpc) is 3.39. The molecule has 1 aliphatic heterocycles. The van der Waals surface area contributed by atoms with Gasteiger partial charge in [0.2, 0.25) is 0 Å². The van der Waals surface area contributed by atoms with Gasteiger partial charge in [0, 0.05) is 31.9 Å². The molecular formula is C30H37NO5. The summed E-state index contributed by atoms with van der Waals surface area (Å²) < 4.78 is 11.1. The van der Waals surface area contributed by atoms with Crippen LogP contribution in [0.1, 0.15) is 51.5 Å². The van der Waals surface area contributed by atoms with E-state index in [2.05, 4.69) is 42.3 Å². The standard InChI is InChI=1S/C30H37NO5/c1-20-6-4-5-13-30(20)14-11-25(23-12-15-31-19-23)26(18-30)28(36-21(2)32)17-24(33)9-7-22-8-10-27(34)29(16-22)35-3/h4-6,8,10,12-13,16,19-20,25-26,28,34H,7,9,11,14-15,17-18H2,1-3H3. The van der Waals surface area contributed by atoms with E-state index in [9.17, 15) is 14.7 Å². The van der Waals surface area contributed by atoms with Crippen molar-refractivity contribution in [3.05, 3.63) is 59.7 Å². The van der Waals surface area contributed by atoms with Crippen molar-refractivity contribution in [1.82, 2.24) is 0 Å². The van der Waals surface area contributed by atoms with Crippen LogP contribution in [0, 0.1) is 23.2 Å². The van der Waals surface area contributed by atoms with Gasteiger partial charge in [-0.3, -0.25) is 14.6 Å². The van der Waals surface area contributed by atoms with Gasteiger partial charge in [0.05, 0.1) is 13.7 Å². The molecule has 1 fully saturated rings. The van der Waals surface area contributed by atoms with Gasteiger partial charge in [-0.05, 0) is 66.2 Å². The molecule has 0 amide bonds. The predicted molar refractivity (Wildman–Crippen MR) is 140 cm³/mol. The lowest BCUT2D eigenvalue weighted by Gasteiger charge is -2.48. The maximum atomic E-state index is 13.2. The number of benzene rings is 1. The Morgan fingerprint density at radius 2 is 2.11 bits per heavy atom. The van der Waals surface area contributed by atoms with Gasteiger partial charge in [-0.1, -0.05) is 43.4 Å². The van der Waals surface area contributed by atoms with Gasteiger partial charge < -0.3 is 14.6 Å². The van der Waals surface area contributed by atoms with Crippen LogP contribution in [0.25, 0.3) is 0 Å². The van der Waals surface area contributed by atoms with Crippen LogP contribution in [-0.2, 0) is 20.7 Å². The van der Waals surface area contributed by atoms with Crippen LogP contribution in [-0.4, -0.2) is 42.8 Å². The van der Waals surface area contributed by atoms with E-state index in [-0.39, 0.29) is 41.2 Å². The second kappa shape index (κ2) is 11.3. The Morgan fingerprint density at radius 1 is 1.28 bits per heavy atom. The number of nitrogens with zero attached hydrogens (tertiary/aromatic N) is 1. The van der Waals surface area contributed by atoms with Crippen molar-refractivity contribution in [3.63, 3.8) is 0 Å². The highest BCUT2D eigenvalue weighted by atomic mass is 16.5. The Hall–Kier alpha value is -3.15. The molecule has 5 unspecified atom stereocenters. The molecule has 0 saturated heterocycles. The molecule has 5 atom stereocenters. The second-order valence-corrected chi connectivity index (χ2v) is 10.4.